The van der Waals surface area contributed by atoms with Gasteiger partial charge >= 0.3 is 0 Å². The highest BCUT2D eigenvalue weighted by Crippen LogP contribution is 2.30. The lowest BCUT2D eigenvalue weighted by Gasteiger charge is -2.32. The number of anilines is 1. The fraction of sp³-hybridized carbons (Fsp3) is 0.500. The Balaban J connectivity index is 2.18. The van der Waals surface area contributed by atoms with Crippen molar-refractivity contribution in [3.8, 4) is 0 Å². The van der Waals surface area contributed by atoms with Gasteiger partial charge in [-0.05, 0) is 31.5 Å². The first-order valence-corrected chi connectivity index (χ1v) is 6.22. The van der Waals surface area contributed by atoms with Gasteiger partial charge in [0.1, 0.15) is 0 Å². The van der Waals surface area contributed by atoms with Crippen LogP contribution in [0, 0.1) is 0 Å². The molecule has 1 saturated heterocycles. The molecule has 2 N–H and O–H groups in total. The number of rotatable bonds is 3. The Morgan fingerprint density at radius 3 is 3.00 bits per heavy atom. The van der Waals surface area contributed by atoms with E-state index < -0.39 is 0 Å². The van der Waals surface area contributed by atoms with Gasteiger partial charge in [0.15, 0.2) is 0 Å². The minimum Gasteiger partial charge on any atom is -0.394 e. The van der Waals surface area contributed by atoms with Crippen LogP contribution >= 0.6 is 15.9 Å². The summed E-state index contributed by atoms with van der Waals surface area (Å²) in [5, 5.41) is 13.0. The molecule has 1 aromatic carbocycles. The van der Waals surface area contributed by atoms with Crippen LogP contribution in [0.15, 0.2) is 28.7 Å². The number of benzene rings is 1. The monoisotopic (exact) mass is 285 g/mol. The van der Waals surface area contributed by atoms with Crippen molar-refractivity contribution in [1.29, 1.82) is 0 Å². The van der Waals surface area contributed by atoms with E-state index >= 15 is 0 Å². The van der Waals surface area contributed by atoms with Crippen LogP contribution in [-0.2, 0) is 4.74 Å². The van der Waals surface area contributed by atoms with E-state index in [4.69, 9.17) is 4.74 Å². The van der Waals surface area contributed by atoms with E-state index in [1.54, 1.807) is 0 Å². The Labute approximate surface area is 104 Å². The van der Waals surface area contributed by atoms with Crippen LogP contribution in [0.3, 0.4) is 0 Å². The summed E-state index contributed by atoms with van der Waals surface area (Å²) >= 11 is 3.43. The molecule has 0 radical (unpaired) electrons. The Morgan fingerprint density at radius 2 is 2.44 bits per heavy atom. The first-order chi connectivity index (χ1) is 7.66. The summed E-state index contributed by atoms with van der Waals surface area (Å²) in [5.74, 6) is 0. The molecule has 88 valence electrons. The van der Waals surface area contributed by atoms with Gasteiger partial charge in [-0.2, -0.15) is 0 Å². The molecule has 0 spiro atoms. The van der Waals surface area contributed by atoms with Crippen LogP contribution in [0.1, 0.15) is 13.3 Å². The van der Waals surface area contributed by atoms with Gasteiger partial charge in [0.2, 0.25) is 0 Å². The first kappa shape index (κ1) is 11.9. The fourth-order valence-corrected chi connectivity index (χ4v) is 2.44. The number of ether oxygens (including phenoxy) is 1. The summed E-state index contributed by atoms with van der Waals surface area (Å²) in [5.41, 5.74) is 0.654. The molecule has 0 aliphatic carbocycles. The second kappa shape index (κ2) is 4.73. The molecule has 0 amide bonds. The Morgan fingerprint density at radius 1 is 1.62 bits per heavy atom. The molecule has 0 aromatic heterocycles. The maximum Gasteiger partial charge on any atom is 0.0885 e. The highest BCUT2D eigenvalue weighted by atomic mass is 79.9. The number of halogens is 1. The van der Waals surface area contributed by atoms with Crippen LogP contribution < -0.4 is 5.32 Å². The highest BCUT2D eigenvalue weighted by Gasteiger charge is 2.40. The number of hydrogen-bond donors (Lipinski definition) is 2. The van der Waals surface area contributed by atoms with Gasteiger partial charge < -0.3 is 15.2 Å². The molecule has 1 fully saturated rings. The maximum absolute atomic E-state index is 9.56. The van der Waals surface area contributed by atoms with Gasteiger partial charge in [-0.3, -0.25) is 0 Å². The highest BCUT2D eigenvalue weighted by molar-refractivity contribution is 9.10. The number of nitrogens with one attached hydrogen (secondary N) is 1. The van der Waals surface area contributed by atoms with E-state index in [0.717, 1.165) is 16.6 Å². The third-order valence-electron chi connectivity index (χ3n) is 3.19. The quantitative estimate of drug-likeness (QED) is 0.896. The van der Waals surface area contributed by atoms with Crippen molar-refractivity contribution in [3.05, 3.63) is 28.7 Å². The average Bonchev–Trinajstić information content (AvgIpc) is 2.61. The van der Waals surface area contributed by atoms with Crippen LogP contribution in [0.4, 0.5) is 5.69 Å². The first-order valence-electron chi connectivity index (χ1n) is 5.42. The molecule has 2 rings (SSSR count). The van der Waals surface area contributed by atoms with Crippen molar-refractivity contribution in [3.63, 3.8) is 0 Å². The third-order valence-corrected chi connectivity index (χ3v) is 3.69. The van der Waals surface area contributed by atoms with Crippen LogP contribution in [0.5, 0.6) is 0 Å². The fourth-order valence-electron chi connectivity index (χ4n) is 2.05. The van der Waals surface area contributed by atoms with Crippen LogP contribution in [0.25, 0.3) is 0 Å². The SMILES string of the molecule is CC1OCCC1(CO)Nc1cccc(Br)c1. The molecule has 1 aliphatic heterocycles. The molecule has 0 saturated carbocycles. The molecule has 3 nitrogen and oxygen atoms in total. The average molecular weight is 286 g/mol. The molecular formula is C12H16BrNO2. The summed E-state index contributed by atoms with van der Waals surface area (Å²) in [6.45, 7) is 2.78. The smallest absolute Gasteiger partial charge is 0.0885 e. The molecule has 0 bridgehead atoms. The van der Waals surface area contributed by atoms with E-state index in [9.17, 15) is 5.11 Å². The predicted molar refractivity (Wildman–Crippen MR) is 67.6 cm³/mol. The van der Waals surface area contributed by atoms with Crippen molar-refractivity contribution >= 4 is 21.6 Å². The molecule has 2 unspecified atom stereocenters. The van der Waals surface area contributed by atoms with E-state index in [-0.39, 0.29) is 18.2 Å². The summed E-state index contributed by atoms with van der Waals surface area (Å²) in [6, 6.07) is 7.94. The van der Waals surface area contributed by atoms with Gasteiger partial charge in [-0.1, -0.05) is 22.0 Å². The van der Waals surface area contributed by atoms with E-state index in [1.807, 2.05) is 31.2 Å². The Kier molecular flexibility index (Phi) is 3.52. The summed E-state index contributed by atoms with van der Waals surface area (Å²) in [7, 11) is 0. The topological polar surface area (TPSA) is 41.5 Å². The minimum atomic E-state index is -0.346. The lowest BCUT2D eigenvalue weighted by Crippen LogP contribution is -2.47. The van der Waals surface area contributed by atoms with Crippen molar-refractivity contribution in [2.45, 2.75) is 25.0 Å². The Hall–Kier alpha value is -0.580. The molecule has 1 heterocycles. The van der Waals surface area contributed by atoms with Gasteiger partial charge in [-0.25, -0.2) is 0 Å². The third kappa shape index (κ3) is 2.24. The lowest BCUT2D eigenvalue weighted by molar-refractivity contribution is 0.0792. The summed E-state index contributed by atoms with van der Waals surface area (Å²) in [4.78, 5) is 0. The van der Waals surface area contributed by atoms with Crippen molar-refractivity contribution in [2.75, 3.05) is 18.5 Å². The number of aliphatic hydroxyl groups excluding tert-OH is 1. The lowest BCUT2D eigenvalue weighted by atomic mass is 9.92. The molecule has 4 heteroatoms. The van der Waals surface area contributed by atoms with Gasteiger partial charge in [0.25, 0.3) is 0 Å². The zero-order valence-corrected chi connectivity index (χ0v) is 10.8. The molecule has 1 aliphatic rings. The van der Waals surface area contributed by atoms with Gasteiger partial charge in [-0.15, -0.1) is 0 Å². The summed E-state index contributed by atoms with van der Waals surface area (Å²) < 4.78 is 6.55. The normalized spacial score (nSPS) is 29.3. The van der Waals surface area contributed by atoms with Crippen LogP contribution in [-0.4, -0.2) is 30.0 Å². The van der Waals surface area contributed by atoms with Gasteiger partial charge in [0.05, 0.1) is 18.2 Å². The molecule has 1 aromatic rings. The second-order valence-corrected chi connectivity index (χ2v) is 5.13. The number of hydrogen-bond acceptors (Lipinski definition) is 3. The van der Waals surface area contributed by atoms with Crippen molar-refractivity contribution in [1.82, 2.24) is 0 Å². The van der Waals surface area contributed by atoms with E-state index in [1.165, 1.54) is 0 Å². The second-order valence-electron chi connectivity index (χ2n) is 4.21. The van der Waals surface area contributed by atoms with E-state index in [0.29, 0.717) is 6.61 Å². The standard InChI is InChI=1S/C12H16BrNO2/c1-9-12(8-15,5-6-16-9)14-11-4-2-3-10(13)7-11/h2-4,7,9,14-15H,5-6,8H2,1H3. The molecule has 16 heavy (non-hydrogen) atoms. The van der Waals surface area contributed by atoms with Gasteiger partial charge in [0, 0.05) is 16.8 Å². The van der Waals surface area contributed by atoms with Crippen LogP contribution in [0.2, 0.25) is 0 Å². The Bertz CT molecular complexity index is 372. The molecular weight excluding hydrogens is 270 g/mol. The van der Waals surface area contributed by atoms with E-state index in [2.05, 4.69) is 21.2 Å². The zero-order chi connectivity index (χ0) is 11.6. The summed E-state index contributed by atoms with van der Waals surface area (Å²) in [6.07, 6.45) is 0.855. The minimum absolute atomic E-state index is 0.0245. The zero-order valence-electron chi connectivity index (χ0n) is 9.24. The molecule has 2 atom stereocenters. The van der Waals surface area contributed by atoms with Crippen molar-refractivity contribution in [2.24, 2.45) is 0 Å². The predicted octanol–water partition coefficient (Wildman–Crippen LogP) is 2.40. The largest absolute Gasteiger partial charge is 0.394 e. The number of aliphatic hydroxyl groups is 1. The maximum atomic E-state index is 9.56. The van der Waals surface area contributed by atoms with Crippen molar-refractivity contribution < 1.29 is 9.84 Å².